The monoisotopic (exact) mass is 521 g/mol. The third-order valence-electron chi connectivity index (χ3n) is 7.58. The molecule has 3 atom stereocenters. The number of aromatic amines is 1. The summed E-state index contributed by atoms with van der Waals surface area (Å²) in [5.41, 5.74) is 3.81. The predicted molar refractivity (Wildman–Crippen MR) is 141 cm³/mol. The summed E-state index contributed by atoms with van der Waals surface area (Å²) in [6, 6.07) is 6.54. The summed E-state index contributed by atoms with van der Waals surface area (Å²) >= 11 is 0. The molecule has 0 saturated carbocycles. The van der Waals surface area contributed by atoms with E-state index < -0.39 is 5.82 Å². The van der Waals surface area contributed by atoms with E-state index in [1.165, 1.54) is 13.2 Å². The number of H-pyrrole nitrogens is 1. The van der Waals surface area contributed by atoms with Crippen LogP contribution >= 0.6 is 0 Å². The Morgan fingerprint density at radius 2 is 2.16 bits per heavy atom. The van der Waals surface area contributed by atoms with Crippen LogP contribution in [0, 0.1) is 5.82 Å². The van der Waals surface area contributed by atoms with Gasteiger partial charge >= 0.3 is 0 Å². The van der Waals surface area contributed by atoms with Crippen molar-refractivity contribution in [3.05, 3.63) is 53.7 Å². The number of hydrogen-bond acceptors (Lipinski definition) is 7. The molecule has 10 heteroatoms. The molecule has 1 unspecified atom stereocenters. The fourth-order valence-corrected chi connectivity index (χ4v) is 5.69. The quantitative estimate of drug-likeness (QED) is 0.478. The number of morpholine rings is 1. The number of methoxy groups -OCH3 is 1. The highest BCUT2D eigenvalue weighted by Crippen LogP contribution is 2.44. The first-order chi connectivity index (χ1) is 18.6. The first-order valence-electron chi connectivity index (χ1n) is 13.2. The van der Waals surface area contributed by atoms with E-state index in [9.17, 15) is 9.18 Å². The van der Waals surface area contributed by atoms with Crippen molar-refractivity contribution in [2.24, 2.45) is 0 Å². The molecule has 3 aliphatic rings. The average molecular weight is 522 g/mol. The highest BCUT2D eigenvalue weighted by Gasteiger charge is 2.34. The van der Waals surface area contributed by atoms with Gasteiger partial charge in [0.25, 0.3) is 5.91 Å². The molecule has 5 heterocycles. The zero-order chi connectivity index (χ0) is 26.1. The number of fused-ring (bicyclic) bond motifs is 5. The maximum absolute atomic E-state index is 14.6. The number of hydrogen-bond donors (Lipinski definition) is 3. The zero-order valence-corrected chi connectivity index (χ0v) is 21.4. The SMILES string of the molecule is COc1c(F)cccc1Nc1c2[nH]c3c1C(=O)NC[C@H]3CCCCN1CCO[C@H](COc3cnccc3-2)C1. The van der Waals surface area contributed by atoms with Gasteiger partial charge in [-0.25, -0.2) is 4.39 Å². The number of nitrogens with zero attached hydrogens (tertiary/aromatic N) is 2. The molecule has 4 bridgehead atoms. The van der Waals surface area contributed by atoms with Gasteiger partial charge in [0.2, 0.25) is 0 Å². The average Bonchev–Trinajstić information content (AvgIpc) is 3.31. The van der Waals surface area contributed by atoms with Crippen molar-refractivity contribution < 1.29 is 23.4 Å². The highest BCUT2D eigenvalue weighted by atomic mass is 19.1. The van der Waals surface area contributed by atoms with Gasteiger partial charge in [0.15, 0.2) is 11.6 Å². The van der Waals surface area contributed by atoms with E-state index in [2.05, 4.69) is 25.5 Å². The van der Waals surface area contributed by atoms with Crippen LogP contribution in [0.15, 0.2) is 36.7 Å². The molecule has 0 aliphatic carbocycles. The largest absolute Gasteiger partial charge is 0.492 e. The van der Waals surface area contributed by atoms with Crippen molar-refractivity contribution in [2.75, 3.05) is 51.8 Å². The lowest BCUT2D eigenvalue weighted by Crippen LogP contribution is -2.45. The molecule has 3 N–H and O–H groups in total. The number of amides is 1. The molecule has 38 heavy (non-hydrogen) atoms. The van der Waals surface area contributed by atoms with Crippen LogP contribution in [0.5, 0.6) is 11.5 Å². The van der Waals surface area contributed by atoms with E-state index in [1.807, 2.05) is 6.07 Å². The van der Waals surface area contributed by atoms with Crippen molar-refractivity contribution in [2.45, 2.75) is 31.3 Å². The Morgan fingerprint density at radius 3 is 3.05 bits per heavy atom. The number of ether oxygens (including phenoxy) is 3. The summed E-state index contributed by atoms with van der Waals surface area (Å²) in [5, 5.41) is 6.39. The van der Waals surface area contributed by atoms with Crippen LogP contribution in [0.4, 0.5) is 15.8 Å². The van der Waals surface area contributed by atoms with E-state index in [0.717, 1.165) is 50.2 Å². The van der Waals surface area contributed by atoms with Crippen LogP contribution in [-0.2, 0) is 4.74 Å². The van der Waals surface area contributed by atoms with Crippen molar-refractivity contribution in [1.82, 2.24) is 20.2 Å². The van der Waals surface area contributed by atoms with Crippen molar-refractivity contribution in [1.29, 1.82) is 0 Å². The summed E-state index contributed by atoms with van der Waals surface area (Å²) < 4.78 is 32.2. The molecule has 1 amide bonds. The molecular formula is C28H32FN5O4. The fourth-order valence-electron chi connectivity index (χ4n) is 5.69. The summed E-state index contributed by atoms with van der Waals surface area (Å²) in [6.45, 7) is 4.40. The molecule has 0 spiro atoms. The molecule has 200 valence electrons. The molecule has 9 nitrogen and oxygen atoms in total. The second kappa shape index (κ2) is 10.6. The molecule has 2 aromatic heterocycles. The number of halogens is 1. The minimum atomic E-state index is -0.491. The van der Waals surface area contributed by atoms with Crippen LogP contribution in [0.2, 0.25) is 0 Å². The summed E-state index contributed by atoms with van der Waals surface area (Å²) in [7, 11) is 1.42. The Kier molecular flexibility index (Phi) is 6.90. The highest BCUT2D eigenvalue weighted by molar-refractivity contribution is 6.07. The van der Waals surface area contributed by atoms with Crippen LogP contribution in [0.25, 0.3) is 11.3 Å². The second-order valence-corrected chi connectivity index (χ2v) is 9.99. The minimum absolute atomic E-state index is 0.0386. The smallest absolute Gasteiger partial charge is 0.255 e. The van der Waals surface area contributed by atoms with Crippen LogP contribution in [0.1, 0.15) is 41.2 Å². The molecule has 6 rings (SSSR count). The number of aromatic nitrogens is 2. The first kappa shape index (κ1) is 24.7. The maximum Gasteiger partial charge on any atom is 0.255 e. The van der Waals surface area contributed by atoms with E-state index in [0.29, 0.717) is 48.1 Å². The van der Waals surface area contributed by atoms with Crippen molar-refractivity contribution in [3.8, 4) is 22.8 Å². The Bertz CT molecular complexity index is 1330. The van der Waals surface area contributed by atoms with Gasteiger partial charge in [-0.05, 0) is 37.6 Å². The number of anilines is 2. The Morgan fingerprint density at radius 1 is 1.24 bits per heavy atom. The van der Waals surface area contributed by atoms with Crippen molar-refractivity contribution in [3.63, 3.8) is 0 Å². The van der Waals surface area contributed by atoms with Gasteiger partial charge in [0.1, 0.15) is 18.5 Å². The second-order valence-electron chi connectivity index (χ2n) is 9.99. The van der Waals surface area contributed by atoms with Crippen LogP contribution in [-0.4, -0.2) is 73.4 Å². The lowest BCUT2D eigenvalue weighted by molar-refractivity contribution is -0.0481. The molecule has 1 fully saturated rings. The zero-order valence-electron chi connectivity index (χ0n) is 21.4. The van der Waals surface area contributed by atoms with E-state index in [4.69, 9.17) is 14.2 Å². The molecule has 3 aliphatic heterocycles. The molecular weight excluding hydrogens is 489 g/mol. The van der Waals surface area contributed by atoms with E-state index in [1.54, 1.807) is 24.5 Å². The number of nitrogens with one attached hydrogen (secondary N) is 3. The maximum atomic E-state index is 14.6. The first-order valence-corrected chi connectivity index (χ1v) is 13.2. The summed E-state index contributed by atoms with van der Waals surface area (Å²) in [6.07, 6.45) is 6.37. The number of pyridine rings is 1. The topological polar surface area (TPSA) is 101 Å². The number of para-hydroxylation sites is 1. The molecule has 1 saturated heterocycles. The van der Waals surface area contributed by atoms with Crippen molar-refractivity contribution >= 4 is 17.3 Å². The van der Waals surface area contributed by atoms with Gasteiger partial charge in [0.05, 0.1) is 42.5 Å². The lowest BCUT2D eigenvalue weighted by Gasteiger charge is -2.33. The summed E-state index contributed by atoms with van der Waals surface area (Å²) in [4.78, 5) is 23.6. The Balaban J connectivity index is 1.48. The third kappa shape index (κ3) is 4.69. The van der Waals surface area contributed by atoms with Crippen LogP contribution < -0.4 is 20.1 Å². The Hall–Kier alpha value is -3.63. The Labute approximate surface area is 220 Å². The van der Waals surface area contributed by atoms with Gasteiger partial charge in [-0.2, -0.15) is 0 Å². The van der Waals surface area contributed by atoms with E-state index >= 15 is 0 Å². The van der Waals surface area contributed by atoms with Crippen LogP contribution in [0.3, 0.4) is 0 Å². The van der Waals surface area contributed by atoms with Gasteiger partial charge in [0, 0.05) is 43.0 Å². The minimum Gasteiger partial charge on any atom is -0.492 e. The van der Waals surface area contributed by atoms with E-state index in [-0.39, 0.29) is 23.7 Å². The molecule has 0 radical (unpaired) electrons. The third-order valence-corrected chi connectivity index (χ3v) is 7.58. The molecule has 3 aromatic rings. The molecule has 1 aromatic carbocycles. The van der Waals surface area contributed by atoms with Gasteiger partial charge in [-0.15, -0.1) is 0 Å². The normalized spacial score (nSPS) is 23.2. The number of rotatable bonds is 3. The fraction of sp³-hybridized carbons (Fsp3) is 0.429. The lowest BCUT2D eigenvalue weighted by atomic mass is 9.91. The number of benzene rings is 1. The van der Waals surface area contributed by atoms with Gasteiger partial charge < -0.3 is 29.8 Å². The standard InChI is InChI=1S/C28H32FN5O4/c1-36-27-20(29)6-4-7-21(27)32-26-23-24-17(13-31-28(23)35)5-2-3-10-34-11-12-37-18(15-34)16-38-22-14-30-9-8-19(22)25(26)33-24/h4,6-9,14,17-18,32-33H,2-3,5,10-13,15-16H2,1H3,(H,31,35)/t17-,18+/m1/s1. The van der Waals surface area contributed by atoms with Gasteiger partial charge in [-0.1, -0.05) is 12.5 Å². The number of carbonyl (C=O) groups is 1. The predicted octanol–water partition coefficient (Wildman–Crippen LogP) is 4.06. The van der Waals surface area contributed by atoms with Gasteiger partial charge in [-0.3, -0.25) is 14.7 Å². The summed E-state index contributed by atoms with van der Waals surface area (Å²) in [5.74, 6) is 0.111. The number of carbonyl (C=O) groups excluding carboxylic acids is 1.